The van der Waals surface area contributed by atoms with Gasteiger partial charge in [-0.15, -0.1) is 0 Å². The lowest BCUT2D eigenvalue weighted by molar-refractivity contribution is -0.135. The van der Waals surface area contributed by atoms with Gasteiger partial charge in [-0.3, -0.25) is 9.59 Å². The third kappa shape index (κ3) is 9.75. The number of amides is 4. The summed E-state index contributed by atoms with van der Waals surface area (Å²) in [6.07, 6.45) is 13.3. The van der Waals surface area contributed by atoms with Crippen molar-refractivity contribution in [1.29, 1.82) is 0 Å². The molecule has 61 heavy (non-hydrogen) atoms. The average Bonchev–Trinajstić information content (AvgIpc) is 4.14. The van der Waals surface area contributed by atoms with Crippen LogP contribution < -0.4 is 10.6 Å². The molecule has 2 aliphatic heterocycles. The Kier molecular flexibility index (Phi) is 13.4. The molecule has 2 fully saturated rings. The van der Waals surface area contributed by atoms with Crippen LogP contribution in [-0.4, -0.2) is 87.1 Å². The number of methoxy groups -OCH3 is 2. The van der Waals surface area contributed by atoms with E-state index >= 15 is 0 Å². The molecule has 0 spiro atoms. The van der Waals surface area contributed by atoms with Gasteiger partial charge in [-0.1, -0.05) is 105 Å². The van der Waals surface area contributed by atoms with E-state index in [1.54, 1.807) is 22.2 Å². The summed E-state index contributed by atoms with van der Waals surface area (Å²) in [5, 5.41) is 5.41. The van der Waals surface area contributed by atoms with Crippen molar-refractivity contribution in [2.45, 2.75) is 63.7 Å². The third-order valence-electron chi connectivity index (χ3n) is 11.2. The van der Waals surface area contributed by atoms with Crippen molar-refractivity contribution in [2.24, 2.45) is 5.92 Å². The van der Waals surface area contributed by atoms with Crippen molar-refractivity contribution in [3.05, 3.63) is 132 Å². The molecular formula is C47H52N8O6. The van der Waals surface area contributed by atoms with Crippen LogP contribution in [-0.2, 0) is 19.1 Å². The van der Waals surface area contributed by atoms with E-state index in [1.807, 2.05) is 80.6 Å². The van der Waals surface area contributed by atoms with Crippen LogP contribution in [0, 0.1) is 5.92 Å². The van der Waals surface area contributed by atoms with Crippen LogP contribution in [0.15, 0.2) is 103 Å². The zero-order chi connectivity index (χ0) is 42.9. The SMILES string of the molecule is COC(=O)N[C@H](C(=O)N1CCC[C@H]1c1ncc(-c2ccc(C=CC=Cc3cnc([C@@H]4CCCN4C(=O)[C@@H](NC(=O)OC)C(C)C)[nH]3)c(-c3ccccc3)c2)[nH]1)c1ccccc1. The Morgan fingerprint density at radius 3 is 2.00 bits per heavy atom. The van der Waals surface area contributed by atoms with Gasteiger partial charge >= 0.3 is 12.2 Å². The number of H-pyrrole nitrogens is 2. The maximum atomic E-state index is 14.0. The second-order valence-electron chi connectivity index (χ2n) is 15.5. The van der Waals surface area contributed by atoms with Crippen molar-refractivity contribution in [1.82, 2.24) is 40.4 Å². The number of hydrogen-bond donors (Lipinski definition) is 4. The number of rotatable bonds is 13. The fraction of sp³-hybridized carbons (Fsp3) is 0.319. The summed E-state index contributed by atoms with van der Waals surface area (Å²) in [4.78, 5) is 71.7. The van der Waals surface area contributed by atoms with E-state index in [-0.39, 0.29) is 29.8 Å². The Labute approximate surface area is 355 Å². The van der Waals surface area contributed by atoms with E-state index in [4.69, 9.17) is 14.5 Å². The standard InChI is InChI=1S/C47H52N8O6/c1-30(2)40(52-46(58)60-3)44(56)54-25-13-21-38(54)42-48-28-35(50-42)20-12-11-17-32-23-24-34(27-36(32)31-15-7-5-8-16-31)37-29-49-43(51-37)39-22-14-26-55(39)45(57)41(53-47(59)61-4)33-18-9-6-10-19-33/h5-12,15-20,23-24,27-30,38-41H,13-14,21-22,25-26H2,1-4H3,(H,48,50)(H,49,51)(H,52,58)(H,53,59)/t38-,39-,40-,41-/m0/s1. The highest BCUT2D eigenvalue weighted by molar-refractivity contribution is 5.88. The fourth-order valence-corrected chi connectivity index (χ4v) is 8.10. The zero-order valence-corrected chi connectivity index (χ0v) is 34.8. The van der Waals surface area contributed by atoms with Crippen molar-refractivity contribution >= 4 is 36.2 Å². The molecule has 316 valence electrons. The topological polar surface area (TPSA) is 175 Å². The zero-order valence-electron chi connectivity index (χ0n) is 34.8. The van der Waals surface area contributed by atoms with Gasteiger partial charge in [0.1, 0.15) is 23.7 Å². The summed E-state index contributed by atoms with van der Waals surface area (Å²) in [5.74, 6) is 0.907. The molecule has 4 N–H and O–H groups in total. The van der Waals surface area contributed by atoms with Gasteiger partial charge in [-0.25, -0.2) is 19.6 Å². The van der Waals surface area contributed by atoms with Gasteiger partial charge in [-0.2, -0.15) is 0 Å². The largest absolute Gasteiger partial charge is 0.453 e. The van der Waals surface area contributed by atoms with Crippen molar-refractivity contribution in [3.63, 3.8) is 0 Å². The summed E-state index contributed by atoms with van der Waals surface area (Å²) in [5.41, 5.74) is 6.35. The molecule has 2 aromatic heterocycles. The Hall–Kier alpha value is -6.96. The fourth-order valence-electron chi connectivity index (χ4n) is 8.10. The Bertz CT molecular complexity index is 2370. The number of nitrogens with one attached hydrogen (secondary N) is 4. The highest BCUT2D eigenvalue weighted by Crippen LogP contribution is 2.36. The van der Waals surface area contributed by atoms with Crippen LogP contribution in [0.4, 0.5) is 9.59 Å². The lowest BCUT2D eigenvalue weighted by Crippen LogP contribution is -2.51. The summed E-state index contributed by atoms with van der Waals surface area (Å²) in [6, 6.07) is 23.5. The highest BCUT2D eigenvalue weighted by Gasteiger charge is 2.38. The highest BCUT2D eigenvalue weighted by atomic mass is 16.5. The van der Waals surface area contributed by atoms with Gasteiger partial charge in [0.2, 0.25) is 5.91 Å². The molecule has 4 heterocycles. The summed E-state index contributed by atoms with van der Waals surface area (Å²) < 4.78 is 9.61. The summed E-state index contributed by atoms with van der Waals surface area (Å²) >= 11 is 0. The van der Waals surface area contributed by atoms with Crippen LogP contribution in [0.3, 0.4) is 0 Å². The first-order valence-electron chi connectivity index (χ1n) is 20.6. The molecule has 0 unspecified atom stereocenters. The van der Waals surface area contributed by atoms with Crippen LogP contribution in [0.5, 0.6) is 0 Å². The Morgan fingerprint density at radius 1 is 0.721 bits per heavy atom. The first-order valence-corrected chi connectivity index (χ1v) is 20.6. The van der Waals surface area contributed by atoms with Gasteiger partial charge in [-0.05, 0) is 66.0 Å². The van der Waals surface area contributed by atoms with Crippen LogP contribution in [0.25, 0.3) is 34.5 Å². The molecule has 0 bridgehead atoms. The number of alkyl carbamates (subject to hydrolysis) is 2. The number of aromatic amines is 2. The van der Waals surface area contributed by atoms with Gasteiger partial charge in [0, 0.05) is 18.7 Å². The van der Waals surface area contributed by atoms with Gasteiger partial charge in [0.25, 0.3) is 5.91 Å². The minimum Gasteiger partial charge on any atom is -0.453 e. The van der Waals surface area contributed by atoms with Crippen molar-refractivity contribution in [3.8, 4) is 22.4 Å². The minimum atomic E-state index is -0.897. The van der Waals surface area contributed by atoms with Gasteiger partial charge < -0.3 is 39.9 Å². The number of hydrogen-bond acceptors (Lipinski definition) is 8. The molecule has 0 radical (unpaired) electrons. The molecule has 7 rings (SSSR count). The van der Waals surface area contributed by atoms with Crippen molar-refractivity contribution < 1.29 is 28.7 Å². The molecule has 2 aliphatic rings. The number of carbonyl (C=O) groups is 4. The van der Waals surface area contributed by atoms with Crippen LogP contribution >= 0.6 is 0 Å². The molecule has 14 heteroatoms. The second-order valence-corrected chi connectivity index (χ2v) is 15.5. The lowest BCUT2D eigenvalue weighted by Gasteiger charge is -2.29. The quantitative estimate of drug-likeness (QED) is 0.0865. The number of benzene rings is 3. The first-order chi connectivity index (χ1) is 29.6. The van der Waals surface area contributed by atoms with Gasteiger partial charge in [0.05, 0.1) is 50.1 Å². The van der Waals surface area contributed by atoms with E-state index in [2.05, 4.69) is 62.0 Å². The van der Waals surface area contributed by atoms with Crippen molar-refractivity contribution in [2.75, 3.05) is 27.3 Å². The number of imidazole rings is 2. The molecule has 0 saturated carbocycles. The smallest absolute Gasteiger partial charge is 0.407 e. The Morgan fingerprint density at radius 2 is 1.33 bits per heavy atom. The summed E-state index contributed by atoms with van der Waals surface area (Å²) in [6.45, 7) is 4.92. The normalized spacial score (nSPS) is 17.5. The maximum Gasteiger partial charge on any atom is 0.407 e. The van der Waals surface area contributed by atoms with E-state index in [0.717, 1.165) is 59.3 Å². The third-order valence-corrected chi connectivity index (χ3v) is 11.2. The minimum absolute atomic E-state index is 0.114. The molecule has 14 nitrogen and oxygen atoms in total. The molecule has 4 amide bonds. The average molecular weight is 825 g/mol. The predicted octanol–water partition coefficient (Wildman–Crippen LogP) is 8.00. The van der Waals surface area contributed by atoms with Crippen LogP contribution in [0.1, 0.15) is 86.1 Å². The van der Waals surface area contributed by atoms with Gasteiger partial charge in [0.15, 0.2) is 0 Å². The number of carbonyl (C=O) groups excluding carboxylic acids is 4. The molecule has 2 saturated heterocycles. The summed E-state index contributed by atoms with van der Waals surface area (Å²) in [7, 11) is 2.57. The molecule has 3 aromatic carbocycles. The predicted molar refractivity (Wildman–Crippen MR) is 232 cm³/mol. The van der Waals surface area contributed by atoms with E-state index < -0.39 is 24.3 Å². The number of likely N-dealkylation sites (tertiary alicyclic amines) is 2. The molecule has 5 aromatic rings. The number of nitrogens with zero attached hydrogens (tertiary/aromatic N) is 4. The number of aromatic nitrogens is 4. The molecule has 4 atom stereocenters. The number of allylic oxidation sites excluding steroid dienone is 2. The Balaban J connectivity index is 1.07. The first kappa shape index (κ1) is 42.2. The van der Waals surface area contributed by atoms with Crippen LogP contribution in [0.2, 0.25) is 0 Å². The second kappa shape index (κ2) is 19.4. The number of ether oxygens (including phenoxy) is 2. The molecular weight excluding hydrogens is 773 g/mol. The van der Waals surface area contributed by atoms with E-state index in [9.17, 15) is 19.2 Å². The van der Waals surface area contributed by atoms with E-state index in [0.29, 0.717) is 30.3 Å². The van der Waals surface area contributed by atoms with E-state index in [1.165, 1.54) is 14.2 Å². The maximum absolute atomic E-state index is 14.0. The molecule has 0 aliphatic carbocycles. The monoisotopic (exact) mass is 824 g/mol. The lowest BCUT2D eigenvalue weighted by atomic mass is 9.96.